The Morgan fingerprint density at radius 3 is 0.734 bits per heavy atom. The molecule has 0 aromatic carbocycles. The first-order valence-electron chi connectivity index (χ1n) is 36.5. The van der Waals surface area contributed by atoms with Gasteiger partial charge in [-0.25, -0.2) is 0 Å². The minimum absolute atomic E-state index is 0.0130. The van der Waals surface area contributed by atoms with Crippen LogP contribution in [0.3, 0.4) is 0 Å². The van der Waals surface area contributed by atoms with E-state index in [2.05, 4.69) is 268 Å². The Morgan fingerprint density at radius 2 is 0.511 bits per heavy atom. The maximum absolute atomic E-state index is 6.26. The third-order valence-electron chi connectivity index (χ3n) is 24.0. The lowest BCUT2D eigenvalue weighted by Gasteiger charge is -2.55. The van der Waals surface area contributed by atoms with Crippen LogP contribution in [0.15, 0.2) is 0 Å². The van der Waals surface area contributed by atoms with Crippen molar-refractivity contribution in [1.82, 2.24) is 60.5 Å². The van der Waals surface area contributed by atoms with Crippen molar-refractivity contribution < 1.29 is 9.68 Å². The fourth-order valence-electron chi connectivity index (χ4n) is 20.2. The molecule has 20 nitrogen and oxygen atoms in total. The molecule has 6 fully saturated rings. The van der Waals surface area contributed by atoms with Crippen LogP contribution in [-0.2, 0) is 9.68 Å². The third kappa shape index (κ3) is 16.7. The number of rotatable bonds is 21. The summed E-state index contributed by atoms with van der Waals surface area (Å²) in [7, 11) is 17.2. The molecule has 2 aromatic rings. The Hall–Kier alpha value is -3.50. The molecule has 0 aliphatic carbocycles. The zero-order valence-corrected chi connectivity index (χ0v) is 66.2. The maximum Gasteiger partial charge on any atom is 0.232 e. The summed E-state index contributed by atoms with van der Waals surface area (Å²) < 4.78 is 0. The highest BCUT2D eigenvalue weighted by molar-refractivity contribution is 5.50. The Balaban J connectivity index is 1.16. The van der Waals surface area contributed by atoms with E-state index in [1.165, 1.54) is 0 Å². The molecule has 0 radical (unpaired) electrons. The van der Waals surface area contributed by atoms with E-state index < -0.39 is 0 Å². The number of hydroxylamine groups is 4. The molecular weight excluding hydrogens is 1170 g/mol. The largest absolute Gasteiger partial charge is 0.341 e. The fourth-order valence-corrected chi connectivity index (χ4v) is 20.2. The van der Waals surface area contributed by atoms with Crippen molar-refractivity contribution in [2.45, 2.75) is 372 Å². The first kappa shape index (κ1) is 76.3. The average molecular weight is 1310 g/mol. The lowest BCUT2D eigenvalue weighted by atomic mass is 9.77. The van der Waals surface area contributed by atoms with Crippen molar-refractivity contribution in [3.05, 3.63) is 0 Å². The Bertz CT molecular complexity index is 2600. The van der Waals surface area contributed by atoms with Gasteiger partial charge in [-0.1, -0.05) is 12.8 Å². The van der Waals surface area contributed by atoms with E-state index in [1.807, 2.05) is 14.2 Å². The minimum Gasteiger partial charge on any atom is -0.341 e. The van der Waals surface area contributed by atoms with Gasteiger partial charge >= 0.3 is 0 Å². The quantitative estimate of drug-likeness (QED) is 0.114. The lowest BCUT2D eigenvalue weighted by Crippen LogP contribution is -2.64. The van der Waals surface area contributed by atoms with Crippen LogP contribution < -0.4 is 40.0 Å². The van der Waals surface area contributed by atoms with Crippen molar-refractivity contribution in [1.29, 1.82) is 0 Å². The van der Waals surface area contributed by atoms with Gasteiger partial charge in [0.2, 0.25) is 35.7 Å². The molecule has 0 atom stereocenters. The highest BCUT2D eigenvalue weighted by Gasteiger charge is 2.52. The van der Waals surface area contributed by atoms with Crippen LogP contribution >= 0.6 is 0 Å². The number of anilines is 6. The molecule has 538 valence electrons. The molecule has 2 aromatic heterocycles. The molecule has 6 aliphatic rings. The van der Waals surface area contributed by atoms with Crippen LogP contribution in [0.1, 0.15) is 269 Å². The molecule has 94 heavy (non-hydrogen) atoms. The molecule has 20 heteroatoms. The van der Waals surface area contributed by atoms with E-state index in [0.29, 0.717) is 0 Å². The van der Waals surface area contributed by atoms with E-state index in [0.717, 1.165) is 152 Å². The van der Waals surface area contributed by atoms with Gasteiger partial charge < -0.3 is 49.7 Å². The zero-order chi connectivity index (χ0) is 70.5. The summed E-state index contributed by atoms with van der Waals surface area (Å²) >= 11 is 0. The smallest absolute Gasteiger partial charge is 0.232 e. The number of nitrogens with zero attached hydrogens (tertiary/aromatic N) is 16. The molecule has 0 spiro atoms. The minimum atomic E-state index is -0.255. The Labute approximate surface area is 573 Å². The van der Waals surface area contributed by atoms with Crippen molar-refractivity contribution in [2.75, 3.05) is 99.0 Å². The van der Waals surface area contributed by atoms with Gasteiger partial charge in [-0.3, -0.25) is 9.80 Å². The van der Waals surface area contributed by atoms with Crippen LogP contribution in [-0.4, -0.2) is 222 Å². The van der Waals surface area contributed by atoms with Gasteiger partial charge in [0, 0.05) is 144 Å². The van der Waals surface area contributed by atoms with Gasteiger partial charge in [0.25, 0.3) is 0 Å². The maximum atomic E-state index is 6.26. The standard InChI is InChI=1S/C74H140N18O2/c1-63(2)39-51(40-64(3,4)81-63)83(25)57-75-59(85(27)53-43-67(9,10)87(29)68(11,12)44-53)79-61(77-57)89(55-47-71(17,18)91(93-31)72(19,20)48-55)37-35-33-34-36-38-90(56-49-73(21,22)92(94-32)74(23,24)50-56)62-78-58(84(26)52-41-65(5,6)82-66(7,8)42-52)76-60(80-62)86(28)54-45-69(13,14)88(30)70(15,16)46-54/h51-56,81-82H,33-50H2,1-32H3. The predicted octanol–water partition coefficient (Wildman–Crippen LogP) is 12.8. The van der Waals surface area contributed by atoms with Gasteiger partial charge in [-0.15, -0.1) is 0 Å². The highest BCUT2D eigenvalue weighted by Crippen LogP contribution is 2.47. The van der Waals surface area contributed by atoms with Gasteiger partial charge in [0.15, 0.2) is 0 Å². The Morgan fingerprint density at radius 1 is 0.309 bits per heavy atom. The summed E-state index contributed by atoms with van der Waals surface area (Å²) in [6.45, 7) is 58.2. The van der Waals surface area contributed by atoms with Gasteiger partial charge in [-0.05, 0) is 270 Å². The predicted molar refractivity (Wildman–Crippen MR) is 393 cm³/mol. The summed E-state index contributed by atoms with van der Waals surface area (Å²) in [5.74, 6) is 4.57. The number of unbranched alkanes of at least 4 members (excludes halogenated alkanes) is 3. The summed E-state index contributed by atoms with van der Waals surface area (Å²) in [5, 5.41) is 12.3. The summed E-state index contributed by atoms with van der Waals surface area (Å²) in [6, 6.07) is 1.21. The van der Waals surface area contributed by atoms with Gasteiger partial charge in [-0.2, -0.15) is 40.0 Å². The number of hydrogen-bond donors (Lipinski definition) is 2. The molecule has 0 bridgehead atoms. The monoisotopic (exact) mass is 1310 g/mol. The van der Waals surface area contributed by atoms with Crippen LogP contribution in [0, 0.1) is 0 Å². The lowest BCUT2D eigenvalue weighted by molar-refractivity contribution is -0.266. The second kappa shape index (κ2) is 26.5. The molecule has 2 N–H and O–H groups in total. The van der Waals surface area contributed by atoms with Crippen LogP contribution in [0.25, 0.3) is 0 Å². The number of hydrogen-bond acceptors (Lipinski definition) is 20. The third-order valence-corrected chi connectivity index (χ3v) is 24.0. The van der Waals surface area contributed by atoms with E-state index in [-0.39, 0.29) is 103 Å². The second-order valence-electron chi connectivity index (χ2n) is 38.4. The number of aromatic nitrogens is 6. The molecule has 8 heterocycles. The molecule has 8 rings (SSSR count). The second-order valence-corrected chi connectivity index (χ2v) is 38.4. The highest BCUT2D eigenvalue weighted by atomic mass is 16.7. The molecule has 6 aliphatic heterocycles. The zero-order valence-electron chi connectivity index (χ0n) is 66.2. The van der Waals surface area contributed by atoms with Crippen LogP contribution in [0.5, 0.6) is 0 Å². The van der Waals surface area contributed by atoms with Crippen LogP contribution in [0.2, 0.25) is 0 Å². The van der Waals surface area contributed by atoms with Crippen molar-refractivity contribution >= 4 is 35.7 Å². The summed E-state index contributed by atoms with van der Waals surface area (Å²) in [5.41, 5.74) is -1.30. The van der Waals surface area contributed by atoms with E-state index in [4.69, 9.17) is 39.6 Å². The van der Waals surface area contributed by atoms with E-state index in [1.54, 1.807) is 0 Å². The van der Waals surface area contributed by atoms with E-state index >= 15 is 0 Å². The van der Waals surface area contributed by atoms with Crippen LogP contribution in [0.4, 0.5) is 35.7 Å². The fraction of sp³-hybridized carbons (Fsp3) is 0.919. The number of piperidine rings is 6. The van der Waals surface area contributed by atoms with Crippen molar-refractivity contribution in [3.8, 4) is 0 Å². The number of likely N-dealkylation sites (tertiary alicyclic amines) is 2. The molecular formula is C74H140N18O2. The summed E-state index contributed by atoms with van der Waals surface area (Å²) in [6.07, 6.45) is 15.5. The summed E-state index contributed by atoms with van der Waals surface area (Å²) in [4.78, 5) is 66.3. The first-order chi connectivity index (χ1) is 42.8. The molecule has 0 saturated carbocycles. The number of nitrogens with one attached hydrogen (secondary N) is 2. The Kier molecular flexibility index (Phi) is 21.5. The SMILES string of the molecule is CON1C(C)(C)CC(N(CCCCCCN(c2nc(N(C)C3CC(C)(C)NC(C)(C)C3)nc(N(C)C3CC(C)(C)N(C)C(C)(C)C3)n2)C2CC(C)(C)N(OC)C(C)(C)C2)c2nc(N(C)C3CC(C)(C)NC(C)(C)C3)nc(N(C)C3CC(C)(C)N(C)C(C)(C)C3)n2)CC1(C)C. The average Bonchev–Trinajstić information content (AvgIpc) is 0.771. The van der Waals surface area contributed by atoms with Crippen molar-refractivity contribution in [2.24, 2.45) is 0 Å². The normalized spacial score (nSPS) is 26.4. The molecule has 6 saturated heterocycles. The van der Waals surface area contributed by atoms with Gasteiger partial charge in [0.1, 0.15) is 0 Å². The molecule has 0 unspecified atom stereocenters. The van der Waals surface area contributed by atoms with E-state index in [9.17, 15) is 0 Å². The first-order valence-corrected chi connectivity index (χ1v) is 36.5. The van der Waals surface area contributed by atoms with Gasteiger partial charge in [0.05, 0.1) is 14.2 Å². The topological polar surface area (TPSA) is 152 Å². The molecule has 0 amide bonds. The van der Waals surface area contributed by atoms with Crippen molar-refractivity contribution in [3.63, 3.8) is 0 Å².